The van der Waals surface area contributed by atoms with Crippen molar-refractivity contribution in [2.75, 3.05) is 6.54 Å². The molecule has 20 heavy (non-hydrogen) atoms. The fourth-order valence-corrected chi connectivity index (χ4v) is 4.19. The zero-order chi connectivity index (χ0) is 14.3. The van der Waals surface area contributed by atoms with Crippen molar-refractivity contribution < 1.29 is 9.90 Å². The van der Waals surface area contributed by atoms with E-state index in [4.69, 9.17) is 0 Å². The summed E-state index contributed by atoms with van der Waals surface area (Å²) in [6, 6.07) is 1.51. The Morgan fingerprint density at radius 3 is 2.65 bits per heavy atom. The third-order valence-corrected chi connectivity index (χ3v) is 5.85. The van der Waals surface area contributed by atoms with Gasteiger partial charge in [0.25, 0.3) is 0 Å². The molecule has 0 radical (unpaired) electrons. The number of aliphatic carboxylic acids is 1. The van der Waals surface area contributed by atoms with Crippen LogP contribution in [0.3, 0.4) is 0 Å². The highest BCUT2D eigenvalue weighted by atomic mass is 16.4. The maximum Gasteiger partial charge on any atom is 0.323 e. The van der Waals surface area contributed by atoms with E-state index in [1.54, 1.807) is 0 Å². The normalized spacial score (nSPS) is 42.8. The van der Waals surface area contributed by atoms with Crippen molar-refractivity contribution in [1.29, 1.82) is 0 Å². The topological polar surface area (TPSA) is 52.6 Å². The van der Waals surface area contributed by atoms with Gasteiger partial charge >= 0.3 is 5.97 Å². The summed E-state index contributed by atoms with van der Waals surface area (Å²) in [6.07, 6.45) is 7.49. The number of carbonyl (C=O) groups is 1. The van der Waals surface area contributed by atoms with Crippen molar-refractivity contribution in [2.24, 2.45) is 5.92 Å². The molecule has 2 N–H and O–H groups in total. The summed E-state index contributed by atoms with van der Waals surface area (Å²) in [5, 5.41) is 13.1. The van der Waals surface area contributed by atoms with Gasteiger partial charge in [0.05, 0.1) is 0 Å². The molecule has 2 saturated carbocycles. The van der Waals surface area contributed by atoms with Gasteiger partial charge in [0, 0.05) is 18.1 Å². The van der Waals surface area contributed by atoms with Gasteiger partial charge in [0.1, 0.15) is 5.54 Å². The van der Waals surface area contributed by atoms with Gasteiger partial charge < -0.3 is 5.11 Å². The lowest BCUT2D eigenvalue weighted by Crippen LogP contribution is -2.54. The average Bonchev–Trinajstić information content (AvgIpc) is 3.10. The molecule has 2 aliphatic carbocycles. The van der Waals surface area contributed by atoms with E-state index in [0.717, 1.165) is 44.6 Å². The van der Waals surface area contributed by atoms with Crippen LogP contribution < -0.4 is 5.32 Å². The van der Waals surface area contributed by atoms with E-state index < -0.39 is 11.5 Å². The minimum Gasteiger partial charge on any atom is -0.480 e. The number of carboxylic acids is 1. The number of hydrogen-bond acceptors (Lipinski definition) is 3. The number of piperidine rings is 1. The van der Waals surface area contributed by atoms with Crippen LogP contribution in [-0.4, -0.2) is 46.2 Å². The second kappa shape index (κ2) is 5.30. The lowest BCUT2D eigenvalue weighted by atomic mass is 9.89. The highest BCUT2D eigenvalue weighted by Gasteiger charge is 2.50. The largest absolute Gasteiger partial charge is 0.480 e. The second-order valence-electron chi connectivity index (χ2n) is 7.30. The van der Waals surface area contributed by atoms with Gasteiger partial charge in [-0.3, -0.25) is 15.0 Å². The van der Waals surface area contributed by atoms with E-state index in [1.165, 1.54) is 12.8 Å². The van der Waals surface area contributed by atoms with Gasteiger partial charge in [-0.25, -0.2) is 0 Å². The molecule has 3 rings (SSSR count). The first kappa shape index (κ1) is 14.3. The number of nitrogens with zero attached hydrogens (tertiary/aromatic N) is 1. The summed E-state index contributed by atoms with van der Waals surface area (Å²) >= 11 is 0. The molecule has 0 spiro atoms. The minimum absolute atomic E-state index is 0.454. The number of hydrogen-bond donors (Lipinski definition) is 2. The van der Waals surface area contributed by atoms with Crippen molar-refractivity contribution in [3.63, 3.8) is 0 Å². The fourth-order valence-electron chi connectivity index (χ4n) is 4.19. The van der Waals surface area contributed by atoms with Gasteiger partial charge in [0.15, 0.2) is 0 Å². The molecule has 3 aliphatic rings. The van der Waals surface area contributed by atoms with Gasteiger partial charge in [-0.15, -0.1) is 0 Å². The Hall–Kier alpha value is -0.610. The summed E-state index contributed by atoms with van der Waals surface area (Å²) in [7, 11) is 0. The molecule has 0 bridgehead atoms. The Bertz CT molecular complexity index is 383. The van der Waals surface area contributed by atoms with E-state index in [9.17, 15) is 9.90 Å². The highest BCUT2D eigenvalue weighted by molar-refractivity contribution is 5.79. The predicted octanol–water partition coefficient (Wildman–Crippen LogP) is 2.23. The molecule has 1 saturated heterocycles. The molecule has 4 heteroatoms. The first-order chi connectivity index (χ1) is 9.52. The summed E-state index contributed by atoms with van der Waals surface area (Å²) in [4.78, 5) is 14.4. The third kappa shape index (κ3) is 2.60. The van der Waals surface area contributed by atoms with E-state index >= 15 is 0 Å². The van der Waals surface area contributed by atoms with E-state index in [0.29, 0.717) is 18.1 Å². The Morgan fingerprint density at radius 1 is 1.25 bits per heavy atom. The summed E-state index contributed by atoms with van der Waals surface area (Å²) < 4.78 is 0. The molecular weight excluding hydrogens is 252 g/mol. The first-order valence-corrected chi connectivity index (χ1v) is 8.29. The monoisotopic (exact) mass is 280 g/mol. The molecule has 0 aromatic carbocycles. The minimum atomic E-state index is -0.647. The van der Waals surface area contributed by atoms with Crippen molar-refractivity contribution in [2.45, 2.75) is 82.5 Å². The molecule has 3 fully saturated rings. The zero-order valence-corrected chi connectivity index (χ0v) is 12.8. The van der Waals surface area contributed by atoms with Crippen LogP contribution in [0.15, 0.2) is 0 Å². The lowest BCUT2D eigenvalue weighted by Gasteiger charge is -2.42. The van der Waals surface area contributed by atoms with Crippen LogP contribution in [0.25, 0.3) is 0 Å². The molecule has 4 atom stereocenters. The van der Waals surface area contributed by atoms with Crippen LogP contribution in [0.5, 0.6) is 0 Å². The maximum absolute atomic E-state index is 11.8. The van der Waals surface area contributed by atoms with Crippen LogP contribution >= 0.6 is 0 Å². The van der Waals surface area contributed by atoms with Crippen molar-refractivity contribution >= 4 is 5.97 Å². The predicted molar refractivity (Wildman–Crippen MR) is 78.7 cm³/mol. The molecular formula is C16H28N2O2. The average molecular weight is 280 g/mol. The number of rotatable bonds is 4. The van der Waals surface area contributed by atoms with Gasteiger partial charge in [-0.05, 0) is 64.3 Å². The Kier molecular flexibility index (Phi) is 3.80. The summed E-state index contributed by atoms with van der Waals surface area (Å²) in [6.45, 7) is 5.80. The summed E-state index contributed by atoms with van der Waals surface area (Å²) in [5.41, 5.74) is -0.647. The fraction of sp³-hybridized carbons (Fsp3) is 0.938. The van der Waals surface area contributed by atoms with E-state index in [2.05, 4.69) is 24.1 Å². The van der Waals surface area contributed by atoms with Gasteiger partial charge in [-0.2, -0.15) is 0 Å². The Labute approximate surface area is 121 Å². The molecule has 1 aliphatic heterocycles. The maximum atomic E-state index is 11.8. The SMILES string of the molecule is CC1CCCN(C2CCC(NC3CC3)(C(=O)O)C2)C1C. The smallest absolute Gasteiger partial charge is 0.323 e. The Morgan fingerprint density at radius 2 is 2.00 bits per heavy atom. The molecule has 4 nitrogen and oxygen atoms in total. The molecule has 0 aromatic heterocycles. The van der Waals surface area contributed by atoms with Crippen LogP contribution in [0, 0.1) is 5.92 Å². The van der Waals surface area contributed by atoms with Crippen LogP contribution in [0.2, 0.25) is 0 Å². The van der Waals surface area contributed by atoms with Crippen LogP contribution in [0.4, 0.5) is 0 Å². The molecule has 114 valence electrons. The van der Waals surface area contributed by atoms with Crippen molar-refractivity contribution in [3.8, 4) is 0 Å². The number of carboxylic acid groups (broad SMARTS) is 1. The number of nitrogens with one attached hydrogen (secondary N) is 1. The highest BCUT2D eigenvalue weighted by Crippen LogP contribution is 2.39. The number of likely N-dealkylation sites (tertiary alicyclic amines) is 1. The quantitative estimate of drug-likeness (QED) is 0.829. The second-order valence-corrected chi connectivity index (χ2v) is 7.30. The van der Waals surface area contributed by atoms with Gasteiger partial charge in [0.2, 0.25) is 0 Å². The first-order valence-electron chi connectivity index (χ1n) is 8.29. The van der Waals surface area contributed by atoms with Gasteiger partial charge in [-0.1, -0.05) is 6.92 Å². The zero-order valence-electron chi connectivity index (χ0n) is 12.8. The third-order valence-electron chi connectivity index (χ3n) is 5.85. The van der Waals surface area contributed by atoms with Crippen LogP contribution in [0.1, 0.15) is 58.8 Å². The van der Waals surface area contributed by atoms with Crippen LogP contribution in [-0.2, 0) is 4.79 Å². The standard InChI is InChI=1S/C16H28N2O2/c1-11-4-3-9-18(12(11)2)14-7-8-16(10-14,15(19)20)17-13-5-6-13/h11-14,17H,3-10H2,1-2H3,(H,19,20). The molecule has 1 heterocycles. The molecule has 4 unspecified atom stereocenters. The molecule has 0 aromatic rings. The Balaban J connectivity index is 1.69. The van der Waals surface area contributed by atoms with Crippen molar-refractivity contribution in [1.82, 2.24) is 10.2 Å². The van der Waals surface area contributed by atoms with E-state index in [-0.39, 0.29) is 0 Å². The summed E-state index contributed by atoms with van der Waals surface area (Å²) in [5.74, 6) is 0.101. The lowest BCUT2D eigenvalue weighted by molar-refractivity contribution is -0.145. The van der Waals surface area contributed by atoms with Crippen molar-refractivity contribution in [3.05, 3.63) is 0 Å². The van der Waals surface area contributed by atoms with E-state index in [1.807, 2.05) is 0 Å². The molecule has 0 amide bonds.